The molecule has 2 aromatic rings. The Hall–Kier alpha value is -1.80. The standard InChI is InChI=1S/C16H15F3N2O2S/c17-16(18,19)10-6-4-9(5-7-10)13(22)8-24-15-20-12-3-1-2-11(12)14(23)21-15/h4-7,13,22H,1-3,8H2,(H,20,21,23)/t13-/m0/s1. The Bertz CT molecular complexity index is 787. The van der Waals surface area contributed by atoms with Gasteiger partial charge in [0.1, 0.15) is 0 Å². The van der Waals surface area contributed by atoms with Crippen LogP contribution in [0.4, 0.5) is 13.2 Å². The molecule has 1 aromatic heterocycles. The third-order valence-corrected chi connectivity index (χ3v) is 4.87. The largest absolute Gasteiger partial charge is 0.416 e. The normalized spacial score (nSPS) is 15.3. The van der Waals surface area contributed by atoms with E-state index >= 15 is 0 Å². The molecule has 0 spiro atoms. The quantitative estimate of drug-likeness (QED) is 0.653. The summed E-state index contributed by atoms with van der Waals surface area (Å²) in [5.74, 6) is 0.188. The Balaban J connectivity index is 1.66. The van der Waals surface area contributed by atoms with Crippen molar-refractivity contribution in [3.05, 3.63) is 57.0 Å². The molecular weight excluding hydrogens is 341 g/mol. The molecule has 1 atom stereocenters. The summed E-state index contributed by atoms with van der Waals surface area (Å²) in [6, 6.07) is 4.40. The second-order valence-electron chi connectivity index (χ2n) is 5.60. The molecule has 0 radical (unpaired) electrons. The molecule has 1 aliphatic rings. The van der Waals surface area contributed by atoms with E-state index in [2.05, 4.69) is 9.97 Å². The molecule has 0 fully saturated rings. The van der Waals surface area contributed by atoms with Crippen LogP contribution in [0.2, 0.25) is 0 Å². The first-order valence-electron chi connectivity index (χ1n) is 7.44. The first-order valence-corrected chi connectivity index (χ1v) is 8.43. The van der Waals surface area contributed by atoms with Gasteiger partial charge in [0.2, 0.25) is 0 Å². The average Bonchev–Trinajstić information content (AvgIpc) is 3.01. The maximum atomic E-state index is 12.5. The van der Waals surface area contributed by atoms with Crippen molar-refractivity contribution in [1.82, 2.24) is 9.97 Å². The van der Waals surface area contributed by atoms with Crippen LogP contribution < -0.4 is 5.56 Å². The minimum Gasteiger partial charge on any atom is -0.388 e. The van der Waals surface area contributed by atoms with E-state index in [1.54, 1.807) is 0 Å². The summed E-state index contributed by atoms with van der Waals surface area (Å²) >= 11 is 1.17. The van der Waals surface area contributed by atoms with E-state index in [1.807, 2.05) is 0 Å². The number of benzene rings is 1. The number of fused-ring (bicyclic) bond motifs is 1. The van der Waals surface area contributed by atoms with Gasteiger partial charge in [-0.25, -0.2) is 4.98 Å². The predicted molar refractivity (Wildman–Crippen MR) is 84.0 cm³/mol. The number of hydrogen-bond acceptors (Lipinski definition) is 4. The fourth-order valence-corrected chi connectivity index (χ4v) is 3.48. The lowest BCUT2D eigenvalue weighted by molar-refractivity contribution is -0.137. The molecule has 4 nitrogen and oxygen atoms in total. The summed E-state index contributed by atoms with van der Waals surface area (Å²) in [6.07, 6.45) is -2.93. The first-order chi connectivity index (χ1) is 11.3. The maximum Gasteiger partial charge on any atom is 0.416 e. The number of H-pyrrole nitrogens is 1. The molecule has 128 valence electrons. The van der Waals surface area contributed by atoms with Crippen molar-refractivity contribution in [1.29, 1.82) is 0 Å². The van der Waals surface area contributed by atoms with Gasteiger partial charge in [-0.2, -0.15) is 13.2 Å². The predicted octanol–water partition coefficient (Wildman–Crippen LogP) is 3.10. The summed E-state index contributed by atoms with van der Waals surface area (Å²) in [5, 5.41) is 10.5. The van der Waals surface area contributed by atoms with Gasteiger partial charge < -0.3 is 10.1 Å². The van der Waals surface area contributed by atoms with E-state index in [0.717, 1.165) is 42.7 Å². The van der Waals surface area contributed by atoms with Crippen LogP contribution in [-0.4, -0.2) is 20.8 Å². The van der Waals surface area contributed by atoms with E-state index in [-0.39, 0.29) is 11.3 Å². The Kier molecular flexibility index (Phi) is 4.69. The van der Waals surface area contributed by atoms with Crippen LogP contribution in [0.3, 0.4) is 0 Å². The molecule has 24 heavy (non-hydrogen) atoms. The zero-order valence-electron chi connectivity index (χ0n) is 12.6. The number of aliphatic hydroxyl groups excluding tert-OH is 1. The van der Waals surface area contributed by atoms with Crippen LogP contribution in [0.15, 0.2) is 34.2 Å². The molecule has 1 aliphatic carbocycles. The van der Waals surface area contributed by atoms with E-state index < -0.39 is 17.8 Å². The van der Waals surface area contributed by atoms with Crippen molar-refractivity contribution in [2.24, 2.45) is 0 Å². The number of thioether (sulfide) groups is 1. The molecule has 2 N–H and O–H groups in total. The van der Waals surface area contributed by atoms with Gasteiger partial charge in [-0.1, -0.05) is 23.9 Å². The minimum absolute atomic E-state index is 0.149. The SMILES string of the molecule is O=c1[nH]c(SC[C@H](O)c2ccc(C(F)(F)F)cc2)nc2c1CCC2. The van der Waals surface area contributed by atoms with Gasteiger partial charge >= 0.3 is 6.18 Å². The van der Waals surface area contributed by atoms with Gasteiger partial charge in [0.05, 0.1) is 17.4 Å². The average molecular weight is 356 g/mol. The minimum atomic E-state index is -4.40. The highest BCUT2D eigenvalue weighted by Gasteiger charge is 2.30. The first kappa shape index (κ1) is 17.0. The molecule has 1 aromatic carbocycles. The third kappa shape index (κ3) is 3.64. The summed E-state index contributed by atoms with van der Waals surface area (Å²) < 4.78 is 37.6. The second-order valence-corrected chi connectivity index (χ2v) is 6.61. The maximum absolute atomic E-state index is 12.5. The Morgan fingerprint density at radius 1 is 1.25 bits per heavy atom. The number of aliphatic hydroxyl groups is 1. The van der Waals surface area contributed by atoms with Crippen LogP contribution in [0.25, 0.3) is 0 Å². The molecule has 3 rings (SSSR count). The van der Waals surface area contributed by atoms with E-state index in [4.69, 9.17) is 0 Å². The number of hydrogen-bond donors (Lipinski definition) is 2. The zero-order valence-corrected chi connectivity index (χ0v) is 13.4. The Morgan fingerprint density at radius 2 is 1.96 bits per heavy atom. The van der Waals surface area contributed by atoms with Crippen LogP contribution in [0, 0.1) is 0 Å². The van der Waals surface area contributed by atoms with Crippen LogP contribution in [0.5, 0.6) is 0 Å². The topological polar surface area (TPSA) is 66.0 Å². The summed E-state index contributed by atoms with van der Waals surface area (Å²) in [6.45, 7) is 0. The zero-order chi connectivity index (χ0) is 17.3. The van der Waals surface area contributed by atoms with Crippen LogP contribution in [0.1, 0.15) is 34.9 Å². The smallest absolute Gasteiger partial charge is 0.388 e. The number of nitrogens with one attached hydrogen (secondary N) is 1. The number of aromatic amines is 1. The molecule has 0 saturated carbocycles. The number of nitrogens with zero attached hydrogens (tertiary/aromatic N) is 1. The van der Waals surface area contributed by atoms with Gasteiger partial charge in [0, 0.05) is 11.3 Å². The van der Waals surface area contributed by atoms with Crippen LogP contribution >= 0.6 is 11.8 Å². The summed E-state index contributed by atoms with van der Waals surface area (Å²) in [5.41, 5.74) is 1.01. The fourth-order valence-electron chi connectivity index (χ4n) is 2.64. The van der Waals surface area contributed by atoms with Gasteiger partial charge in [-0.05, 0) is 37.0 Å². The lowest BCUT2D eigenvalue weighted by Gasteiger charge is -2.12. The molecule has 0 saturated heterocycles. The highest BCUT2D eigenvalue weighted by molar-refractivity contribution is 7.99. The van der Waals surface area contributed by atoms with E-state index in [1.165, 1.54) is 23.9 Å². The van der Waals surface area contributed by atoms with E-state index in [0.29, 0.717) is 10.7 Å². The van der Waals surface area contributed by atoms with Crippen molar-refractivity contribution in [3.63, 3.8) is 0 Å². The van der Waals surface area contributed by atoms with Crippen molar-refractivity contribution in [3.8, 4) is 0 Å². The Morgan fingerprint density at radius 3 is 2.62 bits per heavy atom. The number of rotatable bonds is 4. The van der Waals surface area contributed by atoms with Gasteiger partial charge in [0.15, 0.2) is 5.16 Å². The summed E-state index contributed by atoms with van der Waals surface area (Å²) in [7, 11) is 0. The van der Waals surface area contributed by atoms with Gasteiger partial charge in [-0.3, -0.25) is 4.79 Å². The number of aryl methyl sites for hydroxylation is 1. The molecule has 8 heteroatoms. The van der Waals surface area contributed by atoms with Crippen molar-refractivity contribution in [2.45, 2.75) is 36.7 Å². The monoisotopic (exact) mass is 356 g/mol. The fraction of sp³-hybridized carbons (Fsp3) is 0.375. The highest BCUT2D eigenvalue weighted by atomic mass is 32.2. The van der Waals surface area contributed by atoms with Gasteiger partial charge in [0.25, 0.3) is 5.56 Å². The lowest BCUT2D eigenvalue weighted by atomic mass is 10.1. The second kappa shape index (κ2) is 6.60. The molecule has 0 aliphatic heterocycles. The molecule has 0 amide bonds. The lowest BCUT2D eigenvalue weighted by Crippen LogP contribution is -2.15. The highest BCUT2D eigenvalue weighted by Crippen LogP contribution is 2.30. The van der Waals surface area contributed by atoms with E-state index in [9.17, 15) is 23.1 Å². The molecule has 0 unspecified atom stereocenters. The van der Waals surface area contributed by atoms with Crippen molar-refractivity contribution in [2.75, 3.05) is 5.75 Å². The van der Waals surface area contributed by atoms with Crippen molar-refractivity contribution < 1.29 is 18.3 Å². The number of aromatic nitrogens is 2. The molecule has 0 bridgehead atoms. The number of alkyl halides is 3. The summed E-state index contributed by atoms with van der Waals surface area (Å²) in [4.78, 5) is 19.0. The van der Waals surface area contributed by atoms with Gasteiger partial charge in [-0.15, -0.1) is 0 Å². The van der Waals surface area contributed by atoms with Crippen molar-refractivity contribution >= 4 is 11.8 Å². The number of halogens is 3. The molecular formula is C16H15F3N2O2S. The molecule has 1 heterocycles. The third-order valence-electron chi connectivity index (χ3n) is 3.92. The Labute approximate surface area is 140 Å². The van der Waals surface area contributed by atoms with Crippen LogP contribution in [-0.2, 0) is 19.0 Å².